The molecule has 0 fully saturated rings. The number of aromatic nitrogens is 2. The number of hydrogen-bond acceptors (Lipinski definition) is 3. The van der Waals surface area contributed by atoms with Crippen LogP contribution in [0, 0.1) is 0 Å². The van der Waals surface area contributed by atoms with Crippen LogP contribution in [-0.4, -0.2) is 30.3 Å². The van der Waals surface area contributed by atoms with Gasteiger partial charge >= 0.3 is 5.97 Å². The second-order valence-electron chi connectivity index (χ2n) is 4.52. The zero-order chi connectivity index (χ0) is 14.4. The minimum absolute atomic E-state index is 0.206. The fourth-order valence-corrected chi connectivity index (χ4v) is 3.28. The number of aliphatic carboxylic acids is 1. The van der Waals surface area contributed by atoms with E-state index in [2.05, 4.69) is 18.9 Å². The molecule has 2 atom stereocenters. The van der Waals surface area contributed by atoms with Gasteiger partial charge in [0.25, 0.3) is 0 Å². The summed E-state index contributed by atoms with van der Waals surface area (Å²) in [6, 6.07) is 2.17. The molecule has 0 aliphatic heterocycles. The van der Waals surface area contributed by atoms with Gasteiger partial charge in [0.15, 0.2) is 0 Å². The van der Waals surface area contributed by atoms with Gasteiger partial charge < -0.3 is 5.11 Å². The SMILES string of the molecule is CCC(CC)n1ccc(CS(=O)C(CC)C(=O)O)n1. The lowest BCUT2D eigenvalue weighted by molar-refractivity contribution is -0.136. The van der Waals surface area contributed by atoms with Crippen LogP contribution in [0.1, 0.15) is 51.8 Å². The van der Waals surface area contributed by atoms with E-state index in [1.54, 1.807) is 6.92 Å². The Morgan fingerprint density at radius 2 is 2.00 bits per heavy atom. The van der Waals surface area contributed by atoms with E-state index in [-0.39, 0.29) is 5.75 Å². The maximum absolute atomic E-state index is 12.0. The molecule has 2 unspecified atom stereocenters. The van der Waals surface area contributed by atoms with Crippen molar-refractivity contribution in [1.82, 2.24) is 9.78 Å². The number of nitrogens with zero attached hydrogens (tertiary/aromatic N) is 2. The Kier molecular flexibility index (Phi) is 6.21. The first-order chi connectivity index (χ1) is 9.03. The molecule has 6 heteroatoms. The molecule has 19 heavy (non-hydrogen) atoms. The van der Waals surface area contributed by atoms with E-state index in [0.717, 1.165) is 12.8 Å². The molecule has 0 bridgehead atoms. The number of carboxylic acid groups (broad SMARTS) is 1. The fraction of sp³-hybridized carbons (Fsp3) is 0.692. The predicted molar refractivity (Wildman–Crippen MR) is 75.4 cm³/mol. The first-order valence-corrected chi connectivity index (χ1v) is 8.05. The van der Waals surface area contributed by atoms with Crippen molar-refractivity contribution in [3.63, 3.8) is 0 Å². The quantitative estimate of drug-likeness (QED) is 0.796. The van der Waals surface area contributed by atoms with Gasteiger partial charge in [-0.3, -0.25) is 13.7 Å². The molecule has 1 N–H and O–H groups in total. The molecule has 1 heterocycles. The Balaban J connectivity index is 2.73. The average molecular weight is 286 g/mol. The summed E-state index contributed by atoms with van der Waals surface area (Å²) in [6.07, 6.45) is 4.24. The third-order valence-electron chi connectivity index (χ3n) is 3.23. The minimum atomic E-state index is -1.42. The van der Waals surface area contributed by atoms with E-state index >= 15 is 0 Å². The lowest BCUT2D eigenvalue weighted by Gasteiger charge is -2.12. The standard InChI is InChI=1S/C13H22N2O3S/c1-4-11(5-2)15-8-7-10(14-15)9-19(18)12(6-3)13(16)17/h7-8,11-12H,4-6,9H2,1-3H3,(H,16,17). The Morgan fingerprint density at radius 3 is 2.47 bits per heavy atom. The smallest absolute Gasteiger partial charge is 0.319 e. The Hall–Kier alpha value is -1.17. The van der Waals surface area contributed by atoms with Crippen molar-refractivity contribution in [2.75, 3.05) is 0 Å². The van der Waals surface area contributed by atoms with Crippen LogP contribution in [0.5, 0.6) is 0 Å². The van der Waals surface area contributed by atoms with E-state index < -0.39 is 22.0 Å². The van der Waals surface area contributed by atoms with Gasteiger partial charge in [0, 0.05) is 17.0 Å². The molecule has 1 aromatic rings. The first kappa shape index (κ1) is 15.9. The number of hydrogen-bond donors (Lipinski definition) is 1. The second kappa shape index (κ2) is 7.43. The zero-order valence-corrected chi connectivity index (χ0v) is 12.5. The number of carboxylic acids is 1. The van der Waals surface area contributed by atoms with Crippen LogP contribution in [-0.2, 0) is 21.3 Å². The van der Waals surface area contributed by atoms with Crippen LogP contribution in [0.15, 0.2) is 12.3 Å². The second-order valence-corrected chi connectivity index (χ2v) is 6.14. The van der Waals surface area contributed by atoms with Crippen LogP contribution in [0.25, 0.3) is 0 Å². The van der Waals surface area contributed by atoms with Crippen LogP contribution in [0.2, 0.25) is 0 Å². The van der Waals surface area contributed by atoms with Gasteiger partial charge in [0.2, 0.25) is 0 Å². The van der Waals surface area contributed by atoms with Crippen molar-refractivity contribution < 1.29 is 14.1 Å². The summed E-state index contributed by atoms with van der Waals surface area (Å²) < 4.78 is 13.9. The van der Waals surface area contributed by atoms with Crippen molar-refractivity contribution in [3.05, 3.63) is 18.0 Å². The maximum Gasteiger partial charge on any atom is 0.319 e. The molecule has 5 nitrogen and oxygen atoms in total. The first-order valence-electron chi connectivity index (χ1n) is 6.67. The molecule has 0 aliphatic rings. The van der Waals surface area contributed by atoms with Crippen molar-refractivity contribution in [2.24, 2.45) is 0 Å². The summed E-state index contributed by atoms with van der Waals surface area (Å²) in [5.41, 5.74) is 0.699. The molecule has 0 radical (unpaired) electrons. The Morgan fingerprint density at radius 1 is 1.37 bits per heavy atom. The van der Waals surface area contributed by atoms with Crippen molar-refractivity contribution >= 4 is 16.8 Å². The molecule has 0 saturated carbocycles. The lowest BCUT2D eigenvalue weighted by Crippen LogP contribution is -2.25. The minimum Gasteiger partial charge on any atom is -0.480 e. The molecule has 0 aromatic carbocycles. The van der Waals surface area contributed by atoms with Gasteiger partial charge in [0.1, 0.15) is 5.25 Å². The van der Waals surface area contributed by atoms with Crippen LogP contribution < -0.4 is 0 Å². The topological polar surface area (TPSA) is 72.2 Å². The fourth-order valence-electron chi connectivity index (χ4n) is 2.04. The molecular formula is C13H22N2O3S. The van der Waals surface area contributed by atoms with Gasteiger partial charge in [-0.05, 0) is 25.3 Å². The molecule has 0 spiro atoms. The van der Waals surface area contributed by atoms with Crippen LogP contribution in [0.4, 0.5) is 0 Å². The highest BCUT2D eigenvalue weighted by Crippen LogP contribution is 2.16. The summed E-state index contributed by atoms with van der Waals surface area (Å²) in [4.78, 5) is 10.9. The largest absolute Gasteiger partial charge is 0.480 e. The highest BCUT2D eigenvalue weighted by Gasteiger charge is 2.23. The van der Waals surface area contributed by atoms with Gasteiger partial charge in [-0.15, -0.1) is 0 Å². The molecule has 1 aromatic heterocycles. The zero-order valence-electron chi connectivity index (χ0n) is 11.7. The molecular weight excluding hydrogens is 264 g/mol. The van der Waals surface area contributed by atoms with Crippen LogP contribution >= 0.6 is 0 Å². The van der Waals surface area contributed by atoms with Gasteiger partial charge in [0.05, 0.1) is 17.5 Å². The highest BCUT2D eigenvalue weighted by atomic mass is 32.2. The summed E-state index contributed by atoms with van der Waals surface area (Å²) in [7, 11) is -1.42. The normalized spacial score (nSPS) is 14.5. The summed E-state index contributed by atoms with van der Waals surface area (Å²) in [5.74, 6) is -0.793. The van der Waals surface area contributed by atoms with E-state index in [9.17, 15) is 9.00 Å². The lowest BCUT2D eigenvalue weighted by atomic mass is 10.2. The summed E-state index contributed by atoms with van der Waals surface area (Å²) in [5, 5.41) is 12.6. The molecule has 0 aliphatic carbocycles. The molecule has 108 valence electrons. The van der Waals surface area contributed by atoms with E-state index in [1.807, 2.05) is 16.9 Å². The van der Waals surface area contributed by atoms with Crippen molar-refractivity contribution in [2.45, 2.75) is 57.1 Å². The van der Waals surface area contributed by atoms with Gasteiger partial charge in [-0.25, -0.2) is 0 Å². The summed E-state index contributed by atoms with van der Waals surface area (Å²) >= 11 is 0. The highest BCUT2D eigenvalue weighted by molar-refractivity contribution is 7.85. The third-order valence-corrected chi connectivity index (χ3v) is 4.98. The van der Waals surface area contributed by atoms with Crippen molar-refractivity contribution in [1.29, 1.82) is 0 Å². The number of rotatable bonds is 8. The van der Waals surface area contributed by atoms with E-state index in [1.165, 1.54) is 0 Å². The molecule has 0 amide bonds. The van der Waals surface area contributed by atoms with Gasteiger partial charge in [-0.2, -0.15) is 5.10 Å². The van der Waals surface area contributed by atoms with E-state index in [0.29, 0.717) is 18.2 Å². The summed E-state index contributed by atoms with van der Waals surface area (Å²) in [6.45, 7) is 5.94. The monoisotopic (exact) mass is 286 g/mol. The van der Waals surface area contributed by atoms with Crippen LogP contribution in [0.3, 0.4) is 0 Å². The average Bonchev–Trinajstić information content (AvgIpc) is 2.79. The molecule has 0 saturated heterocycles. The number of carbonyl (C=O) groups is 1. The van der Waals surface area contributed by atoms with E-state index in [4.69, 9.17) is 5.11 Å². The van der Waals surface area contributed by atoms with Crippen molar-refractivity contribution in [3.8, 4) is 0 Å². The Labute approximate surface area is 116 Å². The Bertz CT molecular complexity index is 441. The molecule has 1 rings (SSSR count). The third kappa shape index (κ3) is 4.16. The maximum atomic E-state index is 12.0. The predicted octanol–water partition coefficient (Wildman–Crippen LogP) is 2.36. The van der Waals surface area contributed by atoms with Gasteiger partial charge in [-0.1, -0.05) is 20.8 Å².